The third-order valence-electron chi connectivity index (χ3n) is 13.4. The topological polar surface area (TPSA) is 298 Å². The van der Waals surface area contributed by atoms with Gasteiger partial charge in [-0.25, -0.2) is 38.5 Å². The fourth-order valence-corrected chi connectivity index (χ4v) is 8.75. The first-order valence-corrected chi connectivity index (χ1v) is 28.1. The summed E-state index contributed by atoms with van der Waals surface area (Å²) in [5.41, 5.74) is 3.49. The zero-order valence-corrected chi connectivity index (χ0v) is 49.0. The van der Waals surface area contributed by atoms with E-state index in [2.05, 4.69) is 51.0 Å². The van der Waals surface area contributed by atoms with Gasteiger partial charge in [-0.15, -0.1) is 0 Å². The summed E-state index contributed by atoms with van der Waals surface area (Å²) < 4.78 is 64.6. The number of nitrogens with zero attached hydrogens (tertiary/aromatic N) is 8. The van der Waals surface area contributed by atoms with Crippen LogP contribution in [0.3, 0.4) is 0 Å². The highest BCUT2D eigenvalue weighted by molar-refractivity contribution is 6.35. The molecule has 3 atom stereocenters. The summed E-state index contributed by atoms with van der Waals surface area (Å²) in [6.07, 6.45) is 12.1. The number of aromatic nitrogens is 5. The van der Waals surface area contributed by atoms with E-state index in [0.717, 1.165) is 12.0 Å². The molecule has 26 heteroatoms. The fourth-order valence-electron chi connectivity index (χ4n) is 8.57. The maximum atomic E-state index is 15.5. The molecule has 454 valence electrons. The summed E-state index contributed by atoms with van der Waals surface area (Å²) in [6.45, 7) is 13.1. The molecular weight excluding hydrogens is 1130 g/mol. The number of nitrogens with one attached hydrogen (secondary N) is 3. The zero-order valence-electron chi connectivity index (χ0n) is 48.2. The SMILES string of the molecule is CCc1ccc(F)c([C@@H](C)Nc2c(Cl)c(C)nc3cc(F)c(-c4cnc(OCCOCCN=C/C(COCC(=O)N5CC(OCCNC(=O)COC6C=CC=C(Oc7ccc(C(=O)N[C@@H](CCC(C)(C)C)C(=O)O)cn7)C6)C5)=N\N)nc4)nc23)c1. The van der Waals surface area contributed by atoms with Crippen LogP contribution >= 0.6 is 11.6 Å². The van der Waals surface area contributed by atoms with Crippen LogP contribution in [0.25, 0.3) is 22.3 Å². The first-order valence-electron chi connectivity index (χ1n) is 27.7. The smallest absolute Gasteiger partial charge is 0.326 e. The number of carbonyl (C=O) groups excluding carboxylic acids is 3. The molecule has 7 rings (SSSR count). The molecule has 1 aromatic carbocycles. The second-order valence-corrected chi connectivity index (χ2v) is 21.6. The molecule has 1 aliphatic heterocycles. The van der Waals surface area contributed by atoms with Gasteiger partial charge in [0.15, 0.2) is 5.82 Å². The Morgan fingerprint density at radius 2 is 1.74 bits per heavy atom. The van der Waals surface area contributed by atoms with Crippen molar-refractivity contribution in [2.24, 2.45) is 21.4 Å². The molecule has 4 aromatic heterocycles. The number of aliphatic carboxylic acids is 1. The summed E-state index contributed by atoms with van der Waals surface area (Å²) in [5, 5.41) is 22.1. The average Bonchev–Trinajstić information content (AvgIpc) is 1.40. The van der Waals surface area contributed by atoms with E-state index in [4.69, 9.17) is 45.9 Å². The van der Waals surface area contributed by atoms with E-state index < -0.39 is 35.9 Å². The minimum Gasteiger partial charge on any atom is -0.480 e. The molecule has 0 spiro atoms. The van der Waals surface area contributed by atoms with Crippen LogP contribution in [0.2, 0.25) is 5.02 Å². The first-order chi connectivity index (χ1) is 40.8. The fraction of sp³-hybridized carbons (Fsp3) is 0.441. The monoisotopic (exact) mass is 1200 g/mol. The summed E-state index contributed by atoms with van der Waals surface area (Å²) in [6, 6.07) is 7.76. The molecule has 1 fully saturated rings. The molecule has 0 radical (unpaired) electrons. The van der Waals surface area contributed by atoms with Crippen molar-refractivity contribution in [1.82, 2.24) is 40.5 Å². The predicted octanol–water partition coefficient (Wildman–Crippen LogP) is 6.92. The molecule has 3 amide bonds. The van der Waals surface area contributed by atoms with Gasteiger partial charge in [-0.05, 0) is 62.3 Å². The number of anilines is 1. The number of halogens is 3. The van der Waals surface area contributed by atoms with Crippen LogP contribution in [-0.4, -0.2) is 161 Å². The zero-order chi connectivity index (χ0) is 61.0. The van der Waals surface area contributed by atoms with Gasteiger partial charge in [-0.2, -0.15) is 5.10 Å². The van der Waals surface area contributed by atoms with Gasteiger partial charge in [0.2, 0.25) is 17.7 Å². The van der Waals surface area contributed by atoms with Gasteiger partial charge >= 0.3 is 12.0 Å². The highest BCUT2D eigenvalue weighted by atomic mass is 35.5. The van der Waals surface area contributed by atoms with Crippen LogP contribution in [0, 0.1) is 24.0 Å². The van der Waals surface area contributed by atoms with Crippen LogP contribution < -0.4 is 31.3 Å². The number of benzene rings is 1. The number of hydrazone groups is 1. The third-order valence-corrected chi connectivity index (χ3v) is 13.8. The van der Waals surface area contributed by atoms with Crippen molar-refractivity contribution in [2.45, 2.75) is 91.5 Å². The number of hydrogen-bond acceptors (Lipinski definition) is 19. The summed E-state index contributed by atoms with van der Waals surface area (Å²) >= 11 is 6.72. The molecule has 0 saturated carbocycles. The van der Waals surface area contributed by atoms with E-state index in [-0.39, 0.29) is 128 Å². The summed E-state index contributed by atoms with van der Waals surface area (Å²) in [7, 11) is 0. The maximum Gasteiger partial charge on any atom is 0.326 e. The standard InChI is InChI=1S/C59H71ClF2N12O11/c1-7-37-11-13-45(61)44(23-37)35(2)70-55-52(60)36(3)69-48-25-46(62)53(72-54(48)55)39-27-67-58(68-28-39)83-22-21-80-19-17-64-29-40(73-63)32-81-34-51(76)74-30-43(31-74)82-20-18-65-49(75)33-84-41-9-8-10-42(24-41)85-50-14-12-38(26-66-50)56(77)71-47(57(78)79)15-16-59(4,5)6/h8-14,23,25-29,35,41,43,47H,7,15-22,24,30-34,63H2,1-6H3,(H,65,75)(H,69,70)(H,71,77)(H,78,79)/b64-29?,73-40+/t35-,41?,47+/m1/s1. The normalized spacial score (nSPS) is 15.3. The Hall–Kier alpha value is -8.10. The second kappa shape index (κ2) is 31.2. The Morgan fingerprint density at radius 3 is 2.46 bits per heavy atom. The first kappa shape index (κ1) is 64.5. The van der Waals surface area contributed by atoms with E-state index >= 15 is 4.39 Å². The molecule has 1 saturated heterocycles. The molecule has 5 aromatic rings. The second-order valence-electron chi connectivity index (χ2n) is 21.2. The number of carboxylic acids is 1. The number of fused-ring (bicyclic) bond motifs is 1. The largest absolute Gasteiger partial charge is 0.480 e. The number of pyridine rings is 3. The number of allylic oxidation sites excluding steroid dienone is 2. The van der Waals surface area contributed by atoms with E-state index in [1.165, 1.54) is 49.1 Å². The molecule has 5 heterocycles. The number of rotatable bonds is 31. The Kier molecular flexibility index (Phi) is 23.6. The van der Waals surface area contributed by atoms with Gasteiger partial charge in [-0.1, -0.05) is 63.6 Å². The van der Waals surface area contributed by atoms with E-state index in [1.807, 2.05) is 27.7 Å². The average molecular weight is 1200 g/mol. The van der Waals surface area contributed by atoms with Gasteiger partial charge in [0.1, 0.15) is 54.4 Å². The van der Waals surface area contributed by atoms with Crippen molar-refractivity contribution in [2.75, 3.05) is 77.7 Å². The maximum absolute atomic E-state index is 15.5. The third kappa shape index (κ3) is 19.5. The Labute approximate surface area is 495 Å². The Bertz CT molecular complexity index is 3250. The number of likely N-dealkylation sites (tertiary alicyclic amines) is 1. The summed E-state index contributed by atoms with van der Waals surface area (Å²) in [5.74, 6) is 3.02. The molecule has 1 unspecified atom stereocenters. The lowest BCUT2D eigenvalue weighted by atomic mass is 9.88. The Morgan fingerprint density at radius 1 is 0.953 bits per heavy atom. The number of carbonyl (C=O) groups is 4. The number of nitrogens with two attached hydrogens (primary N) is 1. The number of amides is 3. The molecule has 85 heavy (non-hydrogen) atoms. The van der Waals surface area contributed by atoms with Crippen molar-refractivity contribution in [3.05, 3.63) is 118 Å². The molecule has 6 N–H and O–H groups in total. The summed E-state index contributed by atoms with van der Waals surface area (Å²) in [4.78, 5) is 77.1. The van der Waals surface area contributed by atoms with Gasteiger partial charge < -0.3 is 60.2 Å². The number of hydrogen-bond donors (Lipinski definition) is 5. The van der Waals surface area contributed by atoms with Crippen LogP contribution in [-0.2, 0) is 39.8 Å². The molecular formula is C59H71ClF2N12O11. The highest BCUT2D eigenvalue weighted by Crippen LogP contribution is 2.37. The minimum atomic E-state index is -1.10. The number of aliphatic imine (C=N–C) groups is 1. The molecule has 1 aliphatic carbocycles. The van der Waals surface area contributed by atoms with E-state index in [1.54, 1.807) is 49.1 Å². The lowest BCUT2D eigenvalue weighted by Gasteiger charge is -2.38. The van der Waals surface area contributed by atoms with Gasteiger partial charge in [0, 0.05) is 74.1 Å². The highest BCUT2D eigenvalue weighted by Gasteiger charge is 2.31. The Balaban J connectivity index is 0.709. The lowest BCUT2D eigenvalue weighted by molar-refractivity contribution is -0.149. The van der Waals surface area contributed by atoms with Crippen molar-refractivity contribution in [3.8, 4) is 23.1 Å². The molecule has 23 nitrogen and oxygen atoms in total. The van der Waals surface area contributed by atoms with Gasteiger partial charge in [0.25, 0.3) is 5.91 Å². The van der Waals surface area contributed by atoms with Crippen LogP contribution in [0.1, 0.15) is 87.1 Å². The number of carboxylic acid groups (broad SMARTS) is 1. The van der Waals surface area contributed by atoms with Crippen LogP contribution in [0.15, 0.2) is 89.1 Å². The lowest BCUT2D eigenvalue weighted by Crippen LogP contribution is -2.56. The molecule has 0 bridgehead atoms. The number of aryl methyl sites for hydroxylation is 2. The van der Waals surface area contributed by atoms with Crippen LogP contribution in [0.4, 0.5) is 14.5 Å². The van der Waals surface area contributed by atoms with Crippen molar-refractivity contribution in [1.29, 1.82) is 0 Å². The quantitative estimate of drug-likeness (QED) is 0.0130. The number of ether oxygens (including phenoxy) is 6. The van der Waals surface area contributed by atoms with Gasteiger partial charge in [-0.3, -0.25) is 19.4 Å². The van der Waals surface area contributed by atoms with Crippen molar-refractivity contribution >= 4 is 63.9 Å². The van der Waals surface area contributed by atoms with Crippen molar-refractivity contribution < 1.29 is 61.5 Å². The van der Waals surface area contributed by atoms with Crippen molar-refractivity contribution in [3.63, 3.8) is 0 Å². The van der Waals surface area contributed by atoms with E-state index in [0.29, 0.717) is 66.3 Å². The van der Waals surface area contributed by atoms with Gasteiger partial charge in [0.05, 0.1) is 78.7 Å². The van der Waals surface area contributed by atoms with E-state index in [9.17, 15) is 28.7 Å². The minimum absolute atomic E-state index is 0.0378. The van der Waals surface area contributed by atoms with Crippen LogP contribution in [0.5, 0.6) is 11.9 Å². The molecule has 2 aliphatic rings. The predicted molar refractivity (Wildman–Crippen MR) is 314 cm³/mol.